The zero-order valence-electron chi connectivity index (χ0n) is 16.3. The largest absolute Gasteiger partial charge is 0.467 e. The fourth-order valence-electron chi connectivity index (χ4n) is 4.23. The zero-order valence-corrected chi connectivity index (χ0v) is 16.3. The second-order valence-corrected chi connectivity index (χ2v) is 7.71. The maximum absolute atomic E-state index is 13.2. The van der Waals surface area contributed by atoms with Crippen LogP contribution in [0.4, 0.5) is 4.79 Å². The molecule has 152 valence electrons. The van der Waals surface area contributed by atoms with Crippen molar-refractivity contribution in [3.63, 3.8) is 0 Å². The van der Waals surface area contributed by atoms with E-state index in [4.69, 9.17) is 9.47 Å². The summed E-state index contributed by atoms with van der Waals surface area (Å²) < 4.78 is 10.2. The van der Waals surface area contributed by atoms with E-state index in [0.29, 0.717) is 25.7 Å². The monoisotopic (exact) mass is 388 g/mol. The first-order chi connectivity index (χ1) is 13.5. The number of nitrogens with one attached hydrogen (secondary N) is 2. The van der Waals surface area contributed by atoms with E-state index in [1.54, 1.807) is 0 Å². The van der Waals surface area contributed by atoms with Crippen molar-refractivity contribution in [1.82, 2.24) is 10.6 Å². The Morgan fingerprint density at radius 3 is 2.04 bits per heavy atom. The van der Waals surface area contributed by atoms with Gasteiger partial charge >= 0.3 is 12.1 Å². The summed E-state index contributed by atoms with van der Waals surface area (Å²) in [5.41, 5.74) is -1.16. The molecule has 2 N–H and O–H groups in total. The van der Waals surface area contributed by atoms with E-state index in [9.17, 15) is 14.4 Å². The normalized spacial score (nSPS) is 19.6. The van der Waals surface area contributed by atoms with Crippen molar-refractivity contribution in [3.05, 3.63) is 35.9 Å². The Morgan fingerprint density at radius 1 is 0.893 bits per heavy atom. The smallest absolute Gasteiger partial charge is 0.408 e. The summed E-state index contributed by atoms with van der Waals surface area (Å²) >= 11 is 0. The zero-order chi connectivity index (χ0) is 20.0. The number of amides is 2. The third-order valence-corrected chi connectivity index (χ3v) is 5.83. The summed E-state index contributed by atoms with van der Waals surface area (Å²) in [4.78, 5) is 37.9. The molecule has 2 fully saturated rings. The van der Waals surface area contributed by atoms with Crippen LogP contribution in [0.3, 0.4) is 0 Å². The standard InChI is InChI=1S/C21H28N2O5/c1-27-18(25)21(13-7-8-14-21)22-17(24)20(11-5-6-12-20)23-19(26)28-15-16-9-3-2-4-10-16/h2-4,9-10H,5-8,11-15H2,1H3,(H,22,24)(H,23,26). The molecule has 7 heteroatoms. The van der Waals surface area contributed by atoms with Gasteiger partial charge in [0.05, 0.1) is 7.11 Å². The van der Waals surface area contributed by atoms with Gasteiger partial charge in [0.1, 0.15) is 17.7 Å². The summed E-state index contributed by atoms with van der Waals surface area (Å²) in [6.07, 6.45) is 4.91. The van der Waals surface area contributed by atoms with Crippen LogP contribution in [0.15, 0.2) is 30.3 Å². The van der Waals surface area contributed by atoms with Crippen molar-refractivity contribution < 1.29 is 23.9 Å². The van der Waals surface area contributed by atoms with Gasteiger partial charge in [0.25, 0.3) is 0 Å². The second-order valence-electron chi connectivity index (χ2n) is 7.71. The number of carbonyl (C=O) groups excluding carboxylic acids is 3. The van der Waals surface area contributed by atoms with Crippen LogP contribution < -0.4 is 10.6 Å². The van der Waals surface area contributed by atoms with Gasteiger partial charge in [-0.1, -0.05) is 56.0 Å². The first kappa shape index (κ1) is 20.2. The van der Waals surface area contributed by atoms with E-state index >= 15 is 0 Å². The lowest BCUT2D eigenvalue weighted by Crippen LogP contribution is -2.63. The van der Waals surface area contributed by atoms with Gasteiger partial charge < -0.3 is 20.1 Å². The van der Waals surface area contributed by atoms with Gasteiger partial charge in [0.15, 0.2) is 0 Å². The maximum atomic E-state index is 13.2. The predicted molar refractivity (Wildman–Crippen MR) is 102 cm³/mol. The van der Waals surface area contributed by atoms with Gasteiger partial charge in [0, 0.05) is 0 Å². The van der Waals surface area contributed by atoms with Crippen LogP contribution >= 0.6 is 0 Å². The molecule has 28 heavy (non-hydrogen) atoms. The van der Waals surface area contributed by atoms with Crippen LogP contribution in [0.1, 0.15) is 56.9 Å². The molecule has 0 spiro atoms. The van der Waals surface area contributed by atoms with E-state index in [1.807, 2.05) is 30.3 Å². The van der Waals surface area contributed by atoms with Crippen molar-refractivity contribution in [2.45, 2.75) is 69.1 Å². The molecule has 2 aliphatic carbocycles. The molecule has 2 amide bonds. The van der Waals surface area contributed by atoms with E-state index in [2.05, 4.69) is 10.6 Å². The molecular weight excluding hydrogens is 360 g/mol. The van der Waals surface area contributed by atoms with Crippen molar-refractivity contribution in [2.24, 2.45) is 0 Å². The lowest BCUT2D eigenvalue weighted by Gasteiger charge is -2.34. The van der Waals surface area contributed by atoms with Crippen LogP contribution in [0.25, 0.3) is 0 Å². The number of carbonyl (C=O) groups is 3. The average Bonchev–Trinajstić information content (AvgIpc) is 3.38. The molecule has 0 aliphatic heterocycles. The van der Waals surface area contributed by atoms with Gasteiger partial charge in [-0.25, -0.2) is 9.59 Å². The molecular formula is C21H28N2O5. The number of hydrogen-bond donors (Lipinski definition) is 2. The highest BCUT2D eigenvalue weighted by Crippen LogP contribution is 2.35. The molecule has 0 heterocycles. The fourth-order valence-corrected chi connectivity index (χ4v) is 4.23. The molecule has 2 aliphatic rings. The van der Waals surface area contributed by atoms with Crippen molar-refractivity contribution in [1.29, 1.82) is 0 Å². The minimum atomic E-state index is -1.04. The molecule has 2 saturated carbocycles. The third kappa shape index (κ3) is 4.29. The molecule has 1 aromatic rings. The van der Waals surface area contributed by atoms with Crippen molar-refractivity contribution in [2.75, 3.05) is 7.11 Å². The topological polar surface area (TPSA) is 93.7 Å². The van der Waals surface area contributed by atoms with E-state index in [-0.39, 0.29) is 12.5 Å². The Balaban J connectivity index is 1.66. The number of esters is 1. The number of methoxy groups -OCH3 is 1. The fraction of sp³-hybridized carbons (Fsp3) is 0.571. The number of rotatable bonds is 6. The average molecular weight is 388 g/mol. The highest BCUT2D eigenvalue weighted by Gasteiger charge is 2.50. The molecule has 1 aromatic carbocycles. The number of ether oxygens (including phenoxy) is 2. The second kappa shape index (κ2) is 8.63. The highest BCUT2D eigenvalue weighted by molar-refractivity contribution is 5.95. The summed E-state index contributed by atoms with van der Waals surface area (Å²) in [7, 11) is 1.33. The van der Waals surface area contributed by atoms with E-state index in [0.717, 1.165) is 31.2 Å². The van der Waals surface area contributed by atoms with Gasteiger partial charge in [-0.05, 0) is 31.2 Å². The molecule has 0 aromatic heterocycles. The Labute approximate surface area is 165 Å². The molecule has 7 nitrogen and oxygen atoms in total. The van der Waals surface area contributed by atoms with Gasteiger partial charge in [0.2, 0.25) is 5.91 Å². The van der Waals surface area contributed by atoms with Crippen molar-refractivity contribution in [3.8, 4) is 0 Å². The minimum absolute atomic E-state index is 0.135. The lowest BCUT2D eigenvalue weighted by atomic mass is 9.91. The van der Waals surface area contributed by atoms with Gasteiger partial charge in [-0.3, -0.25) is 4.79 Å². The van der Waals surface area contributed by atoms with Crippen LogP contribution in [0.5, 0.6) is 0 Å². The lowest BCUT2D eigenvalue weighted by molar-refractivity contribution is -0.151. The summed E-state index contributed by atoms with van der Waals surface area (Å²) in [5, 5.41) is 5.71. The maximum Gasteiger partial charge on any atom is 0.408 e. The SMILES string of the molecule is COC(=O)C1(NC(=O)C2(NC(=O)OCc3ccccc3)CCCC2)CCCC1. The molecule has 0 bridgehead atoms. The summed E-state index contributed by atoms with van der Waals surface area (Å²) in [5.74, 6) is -0.743. The number of alkyl carbamates (subject to hydrolysis) is 1. The van der Waals surface area contributed by atoms with E-state index in [1.165, 1.54) is 7.11 Å². The van der Waals surface area contributed by atoms with Crippen molar-refractivity contribution >= 4 is 18.0 Å². The Hall–Kier alpha value is -2.57. The first-order valence-electron chi connectivity index (χ1n) is 9.90. The first-order valence-corrected chi connectivity index (χ1v) is 9.90. The van der Waals surface area contributed by atoms with Gasteiger partial charge in [-0.15, -0.1) is 0 Å². The van der Waals surface area contributed by atoms with E-state index < -0.39 is 23.1 Å². The predicted octanol–water partition coefficient (Wildman–Crippen LogP) is 2.83. The van der Waals surface area contributed by atoms with Crippen LogP contribution in [-0.4, -0.2) is 36.2 Å². The molecule has 0 saturated heterocycles. The minimum Gasteiger partial charge on any atom is -0.467 e. The number of benzene rings is 1. The van der Waals surface area contributed by atoms with Crippen LogP contribution in [-0.2, 0) is 25.7 Å². The molecule has 3 rings (SSSR count). The third-order valence-electron chi connectivity index (χ3n) is 5.83. The Kier molecular flexibility index (Phi) is 6.21. The summed E-state index contributed by atoms with van der Waals surface area (Å²) in [6.45, 7) is 0.135. The molecule has 0 atom stereocenters. The van der Waals surface area contributed by atoms with Crippen LogP contribution in [0.2, 0.25) is 0 Å². The Morgan fingerprint density at radius 2 is 1.46 bits per heavy atom. The molecule has 0 radical (unpaired) electrons. The summed E-state index contributed by atoms with van der Waals surface area (Å²) in [6, 6.07) is 9.37. The van der Waals surface area contributed by atoms with Gasteiger partial charge in [-0.2, -0.15) is 0 Å². The molecule has 0 unspecified atom stereocenters. The highest BCUT2D eigenvalue weighted by atomic mass is 16.5. The Bertz CT molecular complexity index is 707. The van der Waals surface area contributed by atoms with Crippen LogP contribution in [0, 0.1) is 0 Å². The quantitative estimate of drug-likeness (QED) is 0.731. The number of hydrogen-bond acceptors (Lipinski definition) is 5.